The number of fused-ring (bicyclic) bond motifs is 1. The Morgan fingerprint density at radius 1 is 1.27 bits per heavy atom. The van der Waals surface area contributed by atoms with Crippen molar-refractivity contribution in [3.05, 3.63) is 29.6 Å². The average Bonchev–Trinajstić information content (AvgIpc) is 2.72. The van der Waals surface area contributed by atoms with Crippen LogP contribution >= 0.6 is 12.4 Å². The summed E-state index contributed by atoms with van der Waals surface area (Å²) in [7, 11) is 0. The number of hydrogen-bond donors (Lipinski definition) is 2. The van der Waals surface area contributed by atoms with Crippen molar-refractivity contribution >= 4 is 18.3 Å². The summed E-state index contributed by atoms with van der Waals surface area (Å²) < 4.78 is 19.4. The molecule has 1 amide bonds. The molecule has 2 heterocycles. The van der Waals surface area contributed by atoms with Gasteiger partial charge in [-0.05, 0) is 44.8 Å². The lowest BCUT2D eigenvalue weighted by Crippen LogP contribution is -2.39. The molecule has 22 heavy (non-hydrogen) atoms. The van der Waals surface area contributed by atoms with Gasteiger partial charge in [0.25, 0.3) is 0 Å². The van der Waals surface area contributed by atoms with Gasteiger partial charge in [0.15, 0.2) is 11.6 Å². The Hall–Kier alpha value is -1.33. The van der Waals surface area contributed by atoms with Gasteiger partial charge in [-0.2, -0.15) is 0 Å². The molecule has 1 aromatic carbocycles. The standard InChI is InChI=1S/C16H21FN2O2.ClH/c17-13-4-1-3-12-14(5-2-10-21-15(12)13)19-16(20)11-6-8-18-9-7-11;/h1,3-4,11,14,18H,2,5-10H2,(H,19,20);1H. The fourth-order valence-corrected chi connectivity index (χ4v) is 3.09. The zero-order chi connectivity index (χ0) is 14.7. The average molecular weight is 329 g/mol. The van der Waals surface area contributed by atoms with Crippen molar-refractivity contribution in [2.45, 2.75) is 31.7 Å². The second-order valence-corrected chi connectivity index (χ2v) is 5.73. The highest BCUT2D eigenvalue weighted by Gasteiger charge is 2.27. The quantitative estimate of drug-likeness (QED) is 0.877. The van der Waals surface area contributed by atoms with E-state index in [1.165, 1.54) is 6.07 Å². The van der Waals surface area contributed by atoms with Crippen molar-refractivity contribution in [1.82, 2.24) is 10.6 Å². The van der Waals surface area contributed by atoms with Crippen molar-refractivity contribution < 1.29 is 13.9 Å². The Bertz CT molecular complexity index is 521. The molecule has 2 aliphatic heterocycles. The molecule has 0 radical (unpaired) electrons. The lowest BCUT2D eigenvalue weighted by Gasteiger charge is -2.25. The summed E-state index contributed by atoms with van der Waals surface area (Å²) in [5.74, 6) is 0.0900. The zero-order valence-electron chi connectivity index (χ0n) is 12.4. The van der Waals surface area contributed by atoms with Crippen LogP contribution in [0.5, 0.6) is 5.75 Å². The molecule has 1 aromatic rings. The SMILES string of the molecule is Cl.O=C(NC1CCCOc2c(F)cccc21)C1CCNCC1. The number of carbonyl (C=O) groups is 1. The van der Waals surface area contributed by atoms with Gasteiger partial charge in [0.2, 0.25) is 5.91 Å². The van der Waals surface area contributed by atoms with Gasteiger partial charge in [-0.15, -0.1) is 12.4 Å². The van der Waals surface area contributed by atoms with Crippen LogP contribution in [0, 0.1) is 11.7 Å². The summed E-state index contributed by atoms with van der Waals surface area (Å²) in [6, 6.07) is 4.76. The molecule has 1 atom stereocenters. The molecule has 2 aliphatic rings. The first kappa shape index (κ1) is 17.0. The van der Waals surface area contributed by atoms with E-state index >= 15 is 0 Å². The predicted octanol–water partition coefficient (Wildman–Crippen LogP) is 2.58. The maximum Gasteiger partial charge on any atom is 0.223 e. The van der Waals surface area contributed by atoms with E-state index in [1.807, 2.05) is 6.07 Å². The summed E-state index contributed by atoms with van der Waals surface area (Å²) >= 11 is 0. The van der Waals surface area contributed by atoms with Crippen LogP contribution < -0.4 is 15.4 Å². The van der Waals surface area contributed by atoms with Gasteiger partial charge in [-0.25, -0.2) is 4.39 Å². The highest BCUT2D eigenvalue weighted by atomic mass is 35.5. The third kappa shape index (κ3) is 3.70. The second-order valence-electron chi connectivity index (χ2n) is 5.73. The molecule has 1 unspecified atom stereocenters. The van der Waals surface area contributed by atoms with E-state index in [1.54, 1.807) is 6.07 Å². The van der Waals surface area contributed by atoms with Crippen molar-refractivity contribution in [2.75, 3.05) is 19.7 Å². The van der Waals surface area contributed by atoms with Crippen LogP contribution in [0.1, 0.15) is 37.3 Å². The summed E-state index contributed by atoms with van der Waals surface area (Å²) in [5, 5.41) is 6.36. The van der Waals surface area contributed by atoms with E-state index in [-0.39, 0.29) is 36.1 Å². The normalized spacial score (nSPS) is 21.8. The summed E-state index contributed by atoms with van der Waals surface area (Å²) in [6.45, 7) is 2.27. The molecule has 0 bridgehead atoms. The highest BCUT2D eigenvalue weighted by Crippen LogP contribution is 2.33. The molecule has 2 N–H and O–H groups in total. The second kappa shape index (κ2) is 7.79. The molecule has 1 fully saturated rings. The lowest BCUT2D eigenvalue weighted by molar-refractivity contribution is -0.126. The first-order valence-electron chi connectivity index (χ1n) is 7.68. The molecule has 0 saturated carbocycles. The minimum absolute atomic E-state index is 0. The van der Waals surface area contributed by atoms with E-state index in [0.29, 0.717) is 12.4 Å². The van der Waals surface area contributed by atoms with Crippen LogP contribution in [0.4, 0.5) is 4.39 Å². The maximum absolute atomic E-state index is 13.9. The van der Waals surface area contributed by atoms with Crippen LogP contribution in [0.15, 0.2) is 18.2 Å². The Labute approximate surface area is 136 Å². The van der Waals surface area contributed by atoms with Crippen molar-refractivity contribution in [1.29, 1.82) is 0 Å². The highest BCUT2D eigenvalue weighted by molar-refractivity contribution is 5.85. The first-order valence-corrected chi connectivity index (χ1v) is 7.68. The predicted molar refractivity (Wildman–Crippen MR) is 84.9 cm³/mol. The van der Waals surface area contributed by atoms with Crippen molar-refractivity contribution in [3.63, 3.8) is 0 Å². The number of nitrogens with one attached hydrogen (secondary N) is 2. The van der Waals surface area contributed by atoms with Crippen LogP contribution in [-0.4, -0.2) is 25.6 Å². The van der Waals surface area contributed by atoms with Gasteiger partial charge in [0, 0.05) is 11.5 Å². The first-order chi connectivity index (χ1) is 10.3. The zero-order valence-corrected chi connectivity index (χ0v) is 13.3. The molecule has 0 aliphatic carbocycles. The van der Waals surface area contributed by atoms with E-state index < -0.39 is 0 Å². The fraction of sp³-hybridized carbons (Fsp3) is 0.562. The van der Waals surface area contributed by atoms with Crippen LogP contribution in [-0.2, 0) is 4.79 Å². The van der Waals surface area contributed by atoms with Gasteiger partial charge >= 0.3 is 0 Å². The van der Waals surface area contributed by atoms with Gasteiger partial charge < -0.3 is 15.4 Å². The minimum Gasteiger partial charge on any atom is -0.490 e. The van der Waals surface area contributed by atoms with Gasteiger partial charge in [0.1, 0.15) is 0 Å². The maximum atomic E-state index is 13.9. The van der Waals surface area contributed by atoms with Crippen molar-refractivity contribution in [3.8, 4) is 5.75 Å². The third-order valence-corrected chi connectivity index (χ3v) is 4.28. The Morgan fingerprint density at radius 2 is 2.05 bits per heavy atom. The van der Waals surface area contributed by atoms with Gasteiger partial charge in [0.05, 0.1) is 12.6 Å². The molecule has 0 aromatic heterocycles. The van der Waals surface area contributed by atoms with Crippen LogP contribution in [0.2, 0.25) is 0 Å². The Morgan fingerprint density at radius 3 is 2.82 bits per heavy atom. The summed E-state index contributed by atoms with van der Waals surface area (Å²) in [5.41, 5.74) is 0.759. The van der Waals surface area contributed by atoms with Gasteiger partial charge in [-0.3, -0.25) is 4.79 Å². The number of halogens is 2. The topological polar surface area (TPSA) is 50.4 Å². The molecule has 4 nitrogen and oxygen atoms in total. The van der Waals surface area contributed by atoms with Crippen LogP contribution in [0.25, 0.3) is 0 Å². The number of carbonyl (C=O) groups excluding carboxylic acids is 1. The molecule has 1 saturated heterocycles. The Balaban J connectivity index is 0.00000176. The van der Waals surface area contributed by atoms with E-state index in [2.05, 4.69) is 10.6 Å². The summed E-state index contributed by atoms with van der Waals surface area (Å²) in [6.07, 6.45) is 3.33. The number of rotatable bonds is 2. The largest absolute Gasteiger partial charge is 0.490 e. The molecule has 122 valence electrons. The number of ether oxygens (including phenoxy) is 1. The number of benzene rings is 1. The number of piperidine rings is 1. The molecular weight excluding hydrogens is 307 g/mol. The fourth-order valence-electron chi connectivity index (χ4n) is 3.09. The smallest absolute Gasteiger partial charge is 0.223 e. The molecule has 0 spiro atoms. The number of hydrogen-bond acceptors (Lipinski definition) is 3. The van der Waals surface area contributed by atoms with E-state index in [4.69, 9.17) is 4.74 Å². The van der Waals surface area contributed by atoms with Crippen molar-refractivity contribution in [2.24, 2.45) is 5.92 Å². The van der Waals surface area contributed by atoms with E-state index in [0.717, 1.165) is 44.3 Å². The van der Waals surface area contributed by atoms with Gasteiger partial charge in [-0.1, -0.05) is 12.1 Å². The third-order valence-electron chi connectivity index (χ3n) is 4.28. The molecule has 3 rings (SSSR count). The molecular formula is C16H22ClFN2O2. The monoisotopic (exact) mass is 328 g/mol. The lowest BCUT2D eigenvalue weighted by atomic mass is 9.95. The Kier molecular flexibility index (Phi) is 6.03. The molecule has 6 heteroatoms. The van der Waals surface area contributed by atoms with Crippen LogP contribution in [0.3, 0.4) is 0 Å². The number of amides is 1. The number of para-hydroxylation sites is 1. The minimum atomic E-state index is -0.351. The summed E-state index contributed by atoms with van der Waals surface area (Å²) in [4.78, 5) is 12.4. The van der Waals surface area contributed by atoms with E-state index in [9.17, 15) is 9.18 Å².